The fourth-order valence-corrected chi connectivity index (χ4v) is 2.86. The average Bonchev–Trinajstić information content (AvgIpc) is 3.13. The van der Waals surface area contributed by atoms with E-state index < -0.39 is 59.5 Å². The van der Waals surface area contributed by atoms with Gasteiger partial charge in [0.05, 0.1) is 11.1 Å². The van der Waals surface area contributed by atoms with E-state index in [-0.39, 0.29) is 19.2 Å². The quantitative estimate of drug-likeness (QED) is 0.499. The molecule has 1 aromatic carbocycles. The van der Waals surface area contributed by atoms with E-state index in [1.807, 2.05) is 0 Å². The number of carbonyl (C=O) groups excluding carboxylic acids is 1. The summed E-state index contributed by atoms with van der Waals surface area (Å²) in [4.78, 5) is 16.9. The second kappa shape index (κ2) is 7.93. The van der Waals surface area contributed by atoms with E-state index in [4.69, 9.17) is 0 Å². The lowest BCUT2D eigenvalue weighted by Gasteiger charge is -2.30. The molecular weight excluding hydrogens is 440 g/mol. The van der Waals surface area contributed by atoms with Crippen molar-refractivity contribution in [1.82, 2.24) is 19.7 Å². The summed E-state index contributed by atoms with van der Waals surface area (Å²) in [5.74, 6) is -3.85. The molecule has 0 bridgehead atoms. The van der Waals surface area contributed by atoms with Crippen LogP contribution in [0.15, 0.2) is 30.6 Å². The molecule has 1 aromatic heterocycles. The minimum Gasteiger partial charge on any atom is -0.339 e. The summed E-state index contributed by atoms with van der Waals surface area (Å²) in [7, 11) is 0. The highest BCUT2D eigenvalue weighted by molar-refractivity contribution is 5.90. The first kappa shape index (κ1) is 22.7. The number of hydrogen-bond acceptors (Lipinski definition) is 3. The summed E-state index contributed by atoms with van der Waals surface area (Å²) in [6.45, 7) is -0.299. The van der Waals surface area contributed by atoms with Gasteiger partial charge in [0.1, 0.15) is 6.33 Å². The van der Waals surface area contributed by atoms with Gasteiger partial charge in [-0.05, 0) is 18.2 Å². The molecule has 2 heterocycles. The fraction of sp³-hybridized carbons (Fsp3) is 0.389. The van der Waals surface area contributed by atoms with Gasteiger partial charge < -0.3 is 4.90 Å². The van der Waals surface area contributed by atoms with E-state index in [2.05, 4.69) is 10.1 Å². The molecule has 0 spiro atoms. The van der Waals surface area contributed by atoms with Crippen LogP contribution in [-0.4, -0.2) is 44.6 Å². The van der Waals surface area contributed by atoms with Crippen molar-refractivity contribution in [2.75, 3.05) is 13.1 Å². The number of alkyl halides is 8. The Labute approximate surface area is 170 Å². The van der Waals surface area contributed by atoms with Crippen molar-refractivity contribution in [1.29, 1.82) is 0 Å². The third-order valence-corrected chi connectivity index (χ3v) is 4.53. The van der Waals surface area contributed by atoms with E-state index in [0.29, 0.717) is 12.1 Å². The Bertz CT molecular complexity index is 951. The molecule has 0 unspecified atom stereocenters. The Morgan fingerprint density at radius 3 is 2.03 bits per heavy atom. The maximum atomic E-state index is 13.1. The molecule has 0 saturated carbocycles. The summed E-state index contributed by atoms with van der Waals surface area (Å²) in [5, 5.41) is 3.76. The van der Waals surface area contributed by atoms with Gasteiger partial charge in [-0.3, -0.25) is 4.79 Å². The van der Waals surface area contributed by atoms with Crippen LogP contribution in [0.3, 0.4) is 0 Å². The molecule has 1 fully saturated rings. The highest BCUT2D eigenvalue weighted by Crippen LogP contribution is 2.38. The standard InChI is InChI=1S/C18H14F8N4O/c19-16(20)2-5-29(6-3-16)14(31)1-4-30-10-27-15(28-30)11-7-12(17(21,22)23)9-13(8-11)18(24,25)26/h1,4,7-10H,2-3,5-6H2/b4-1-. The minimum absolute atomic E-state index is 0.0127. The molecule has 1 amide bonds. The van der Waals surface area contributed by atoms with Gasteiger partial charge in [-0.2, -0.15) is 26.3 Å². The second-order valence-electron chi connectivity index (χ2n) is 6.84. The number of nitrogens with zero attached hydrogens (tertiary/aromatic N) is 4. The molecule has 0 N–H and O–H groups in total. The van der Waals surface area contributed by atoms with Gasteiger partial charge in [0, 0.05) is 43.8 Å². The van der Waals surface area contributed by atoms with Crippen LogP contribution in [0.2, 0.25) is 0 Å². The number of aromatic nitrogens is 3. The molecule has 168 valence electrons. The first-order valence-electron chi connectivity index (χ1n) is 8.81. The molecule has 2 aromatic rings. The van der Waals surface area contributed by atoms with E-state index in [1.54, 1.807) is 0 Å². The second-order valence-corrected chi connectivity index (χ2v) is 6.84. The first-order chi connectivity index (χ1) is 14.2. The Balaban J connectivity index is 1.80. The highest BCUT2D eigenvalue weighted by atomic mass is 19.4. The van der Waals surface area contributed by atoms with Crippen molar-refractivity contribution >= 4 is 12.1 Å². The van der Waals surface area contributed by atoms with Gasteiger partial charge in [-0.15, -0.1) is 5.10 Å². The molecule has 1 saturated heterocycles. The number of hydrogen-bond donors (Lipinski definition) is 0. The Kier molecular flexibility index (Phi) is 5.80. The van der Waals surface area contributed by atoms with Crippen molar-refractivity contribution < 1.29 is 39.9 Å². The van der Waals surface area contributed by atoms with Crippen LogP contribution in [0, 0.1) is 0 Å². The smallest absolute Gasteiger partial charge is 0.339 e. The van der Waals surface area contributed by atoms with E-state index >= 15 is 0 Å². The van der Waals surface area contributed by atoms with Crippen LogP contribution in [0.1, 0.15) is 24.0 Å². The largest absolute Gasteiger partial charge is 0.416 e. The van der Waals surface area contributed by atoms with E-state index in [9.17, 15) is 39.9 Å². The molecule has 0 radical (unpaired) electrons. The van der Waals surface area contributed by atoms with Crippen LogP contribution in [0.5, 0.6) is 0 Å². The van der Waals surface area contributed by atoms with Crippen LogP contribution >= 0.6 is 0 Å². The first-order valence-corrected chi connectivity index (χ1v) is 8.81. The van der Waals surface area contributed by atoms with Crippen molar-refractivity contribution in [3.8, 4) is 11.4 Å². The molecule has 1 aliphatic heterocycles. The predicted molar refractivity (Wildman–Crippen MR) is 91.6 cm³/mol. The molecule has 1 aliphatic rings. The van der Waals surface area contributed by atoms with Crippen LogP contribution in [-0.2, 0) is 17.1 Å². The van der Waals surface area contributed by atoms with Gasteiger partial charge in [-0.1, -0.05) is 0 Å². The Morgan fingerprint density at radius 2 is 1.52 bits per heavy atom. The minimum atomic E-state index is -5.02. The molecule has 0 aliphatic carbocycles. The van der Waals surface area contributed by atoms with Gasteiger partial charge in [0.2, 0.25) is 5.91 Å². The maximum Gasteiger partial charge on any atom is 0.416 e. The summed E-state index contributed by atoms with van der Waals surface area (Å²) < 4.78 is 105. The van der Waals surface area contributed by atoms with Crippen LogP contribution in [0.25, 0.3) is 17.6 Å². The number of benzene rings is 1. The number of carbonyl (C=O) groups is 1. The lowest BCUT2D eigenvalue weighted by Crippen LogP contribution is -2.42. The zero-order valence-corrected chi connectivity index (χ0v) is 15.5. The number of piperidine rings is 1. The highest BCUT2D eigenvalue weighted by Gasteiger charge is 2.37. The lowest BCUT2D eigenvalue weighted by atomic mass is 10.0. The van der Waals surface area contributed by atoms with Gasteiger partial charge >= 0.3 is 12.4 Å². The number of amides is 1. The van der Waals surface area contributed by atoms with Gasteiger partial charge in [0.15, 0.2) is 5.82 Å². The number of halogens is 8. The summed E-state index contributed by atoms with van der Waals surface area (Å²) >= 11 is 0. The summed E-state index contributed by atoms with van der Waals surface area (Å²) in [6, 6.07) is 0.955. The average molecular weight is 454 g/mol. The van der Waals surface area contributed by atoms with E-state index in [1.165, 1.54) is 4.90 Å². The summed E-state index contributed by atoms with van der Waals surface area (Å²) in [5.41, 5.74) is -3.54. The van der Waals surface area contributed by atoms with Crippen molar-refractivity contribution in [2.24, 2.45) is 0 Å². The van der Waals surface area contributed by atoms with Crippen molar-refractivity contribution in [3.63, 3.8) is 0 Å². The van der Waals surface area contributed by atoms with Crippen LogP contribution in [0.4, 0.5) is 35.1 Å². The normalized spacial score (nSPS) is 17.4. The topological polar surface area (TPSA) is 51.0 Å². The molecule has 13 heteroatoms. The molecule has 31 heavy (non-hydrogen) atoms. The zero-order valence-electron chi connectivity index (χ0n) is 15.5. The van der Waals surface area contributed by atoms with Crippen molar-refractivity contribution in [3.05, 3.63) is 41.7 Å². The molecule has 0 atom stereocenters. The maximum absolute atomic E-state index is 13.1. The molecule has 3 rings (SSSR count). The van der Waals surface area contributed by atoms with E-state index in [0.717, 1.165) is 23.3 Å². The zero-order chi connectivity index (χ0) is 23.0. The SMILES string of the molecule is O=C(/C=C\n1cnc(-c2cc(C(F)(F)F)cc(C(F)(F)F)c2)n1)N1CCC(F)(F)CC1. The lowest BCUT2D eigenvalue weighted by molar-refractivity contribution is -0.143. The van der Waals surface area contributed by atoms with Gasteiger partial charge in [0.25, 0.3) is 5.92 Å². The van der Waals surface area contributed by atoms with Gasteiger partial charge in [-0.25, -0.2) is 18.4 Å². The molecule has 5 nitrogen and oxygen atoms in total. The predicted octanol–water partition coefficient (Wildman–Crippen LogP) is 4.71. The third kappa shape index (κ3) is 5.58. The van der Waals surface area contributed by atoms with Crippen molar-refractivity contribution in [2.45, 2.75) is 31.1 Å². The summed E-state index contributed by atoms with van der Waals surface area (Å²) in [6.07, 6.45) is -7.93. The Morgan fingerprint density at radius 1 is 0.968 bits per heavy atom. The van der Waals surface area contributed by atoms with Crippen LogP contribution < -0.4 is 0 Å². The number of likely N-dealkylation sites (tertiary alicyclic amines) is 1. The Hall–Kier alpha value is -2.99. The monoisotopic (exact) mass is 454 g/mol. The fourth-order valence-electron chi connectivity index (χ4n) is 2.86. The third-order valence-electron chi connectivity index (χ3n) is 4.53. The number of rotatable bonds is 3. The molecular formula is C18H14F8N4O.